The second kappa shape index (κ2) is 4.85. The van der Waals surface area contributed by atoms with Gasteiger partial charge in [0, 0.05) is 18.3 Å². The average Bonchev–Trinajstić information content (AvgIpc) is 2.05. The van der Waals surface area contributed by atoms with Gasteiger partial charge in [-0.3, -0.25) is 4.98 Å². The second-order valence-corrected chi connectivity index (χ2v) is 2.51. The fraction of sp³-hybridized carbons (Fsp3) is 0.444. The van der Waals surface area contributed by atoms with E-state index < -0.39 is 6.29 Å². The molecule has 1 heterocycles. The topological polar surface area (TPSA) is 42.0 Å². The first-order valence-electron chi connectivity index (χ1n) is 3.96. The average molecular weight is 166 g/mol. The highest BCUT2D eigenvalue weighted by Crippen LogP contribution is 1.96. The molecule has 0 aliphatic heterocycles. The smallest absolute Gasteiger partial charge is 0.188 e. The Bertz CT molecular complexity index is 211. The quantitative estimate of drug-likeness (QED) is 0.635. The summed E-state index contributed by atoms with van der Waals surface area (Å²) in [6.45, 7) is 1.93. The SMILES string of the molecule is CC([O])OCCc1ccccn1. The number of nitrogens with zero attached hydrogens (tertiary/aromatic N) is 1. The van der Waals surface area contributed by atoms with Gasteiger partial charge in [0.25, 0.3) is 0 Å². The van der Waals surface area contributed by atoms with Gasteiger partial charge in [-0.05, 0) is 19.1 Å². The Morgan fingerprint density at radius 1 is 1.58 bits per heavy atom. The number of hydrogen-bond acceptors (Lipinski definition) is 2. The summed E-state index contributed by atoms with van der Waals surface area (Å²) in [4.78, 5) is 4.09. The monoisotopic (exact) mass is 166 g/mol. The summed E-state index contributed by atoms with van der Waals surface area (Å²) < 4.78 is 4.85. The fourth-order valence-corrected chi connectivity index (χ4v) is 0.875. The molecule has 1 unspecified atom stereocenters. The molecule has 0 aliphatic rings. The first-order valence-corrected chi connectivity index (χ1v) is 3.96. The molecule has 0 saturated carbocycles. The number of rotatable bonds is 4. The highest BCUT2D eigenvalue weighted by Gasteiger charge is 1.97. The molecule has 1 atom stereocenters. The van der Waals surface area contributed by atoms with E-state index in [-0.39, 0.29) is 0 Å². The van der Waals surface area contributed by atoms with Gasteiger partial charge >= 0.3 is 0 Å². The van der Waals surface area contributed by atoms with Crippen LogP contribution in [0, 0.1) is 0 Å². The van der Waals surface area contributed by atoms with Crippen LogP contribution in [-0.2, 0) is 16.3 Å². The predicted molar refractivity (Wildman–Crippen MR) is 44.0 cm³/mol. The molecule has 0 spiro atoms. The minimum absolute atomic E-state index is 0.446. The normalized spacial score (nSPS) is 12.8. The number of pyridine rings is 1. The number of ether oxygens (including phenoxy) is 1. The first-order chi connectivity index (χ1) is 5.79. The van der Waals surface area contributed by atoms with Crippen molar-refractivity contribution in [3.63, 3.8) is 0 Å². The highest BCUT2D eigenvalue weighted by molar-refractivity contribution is 5.03. The van der Waals surface area contributed by atoms with Crippen molar-refractivity contribution in [3.8, 4) is 0 Å². The van der Waals surface area contributed by atoms with Gasteiger partial charge in [-0.1, -0.05) is 6.07 Å². The van der Waals surface area contributed by atoms with Gasteiger partial charge in [0.05, 0.1) is 6.61 Å². The molecule has 0 saturated heterocycles. The molecule has 0 amide bonds. The van der Waals surface area contributed by atoms with Crippen LogP contribution in [0.2, 0.25) is 0 Å². The van der Waals surface area contributed by atoms with Gasteiger partial charge in [0.2, 0.25) is 0 Å². The Balaban J connectivity index is 2.25. The molecule has 0 bridgehead atoms. The zero-order valence-corrected chi connectivity index (χ0v) is 7.06. The summed E-state index contributed by atoms with van der Waals surface area (Å²) in [6.07, 6.45) is 1.50. The molecule has 1 aromatic rings. The van der Waals surface area contributed by atoms with E-state index in [9.17, 15) is 5.11 Å². The molecule has 1 rings (SSSR count). The molecule has 0 fully saturated rings. The minimum Gasteiger partial charge on any atom is -0.350 e. The van der Waals surface area contributed by atoms with E-state index >= 15 is 0 Å². The van der Waals surface area contributed by atoms with Crippen LogP contribution in [0.1, 0.15) is 12.6 Å². The molecule has 0 aliphatic carbocycles. The van der Waals surface area contributed by atoms with Crippen LogP contribution in [0.4, 0.5) is 0 Å². The Kier molecular flexibility index (Phi) is 3.70. The summed E-state index contributed by atoms with van der Waals surface area (Å²) in [5.41, 5.74) is 0.957. The van der Waals surface area contributed by atoms with E-state index in [1.807, 2.05) is 18.2 Å². The largest absolute Gasteiger partial charge is 0.350 e. The maximum absolute atomic E-state index is 10.5. The van der Waals surface area contributed by atoms with Crippen molar-refractivity contribution in [2.24, 2.45) is 0 Å². The molecule has 0 N–H and O–H groups in total. The Morgan fingerprint density at radius 3 is 3.00 bits per heavy atom. The maximum Gasteiger partial charge on any atom is 0.188 e. The van der Waals surface area contributed by atoms with E-state index in [2.05, 4.69) is 4.98 Å². The maximum atomic E-state index is 10.5. The van der Waals surface area contributed by atoms with Gasteiger partial charge in [-0.25, -0.2) is 5.11 Å². The molecule has 3 nitrogen and oxygen atoms in total. The van der Waals surface area contributed by atoms with Crippen molar-refractivity contribution < 1.29 is 9.84 Å². The Hall–Kier alpha value is -0.930. The molecule has 65 valence electrons. The van der Waals surface area contributed by atoms with Crippen LogP contribution in [-0.4, -0.2) is 17.9 Å². The van der Waals surface area contributed by atoms with Gasteiger partial charge < -0.3 is 4.74 Å². The fourth-order valence-electron chi connectivity index (χ4n) is 0.875. The van der Waals surface area contributed by atoms with E-state index in [1.165, 1.54) is 6.92 Å². The van der Waals surface area contributed by atoms with E-state index in [0.29, 0.717) is 13.0 Å². The van der Waals surface area contributed by atoms with Gasteiger partial charge in [0.15, 0.2) is 6.29 Å². The lowest BCUT2D eigenvalue weighted by molar-refractivity contribution is -0.125. The summed E-state index contributed by atoms with van der Waals surface area (Å²) in [6, 6.07) is 5.70. The number of aromatic nitrogens is 1. The Labute approximate surface area is 72.0 Å². The molecule has 1 radical (unpaired) electrons. The van der Waals surface area contributed by atoms with Crippen LogP contribution in [0.3, 0.4) is 0 Å². The third-order valence-electron chi connectivity index (χ3n) is 1.44. The summed E-state index contributed by atoms with van der Waals surface area (Å²) in [5.74, 6) is 0. The van der Waals surface area contributed by atoms with Crippen molar-refractivity contribution >= 4 is 0 Å². The van der Waals surface area contributed by atoms with Crippen molar-refractivity contribution in [2.45, 2.75) is 19.6 Å². The van der Waals surface area contributed by atoms with Crippen molar-refractivity contribution in [1.29, 1.82) is 0 Å². The lowest BCUT2D eigenvalue weighted by Crippen LogP contribution is -2.08. The van der Waals surface area contributed by atoms with Crippen molar-refractivity contribution in [2.75, 3.05) is 6.61 Å². The second-order valence-electron chi connectivity index (χ2n) is 2.51. The third kappa shape index (κ3) is 3.46. The summed E-state index contributed by atoms with van der Waals surface area (Å²) >= 11 is 0. The minimum atomic E-state index is -0.936. The van der Waals surface area contributed by atoms with Gasteiger partial charge in [-0.15, -0.1) is 0 Å². The third-order valence-corrected chi connectivity index (χ3v) is 1.44. The zero-order valence-electron chi connectivity index (χ0n) is 7.06. The molecular weight excluding hydrogens is 154 g/mol. The zero-order chi connectivity index (χ0) is 8.81. The van der Waals surface area contributed by atoms with Crippen molar-refractivity contribution in [3.05, 3.63) is 30.1 Å². The van der Waals surface area contributed by atoms with Crippen LogP contribution < -0.4 is 0 Å². The summed E-state index contributed by atoms with van der Waals surface area (Å²) in [5, 5.41) is 10.5. The van der Waals surface area contributed by atoms with Crippen LogP contribution >= 0.6 is 0 Å². The van der Waals surface area contributed by atoms with E-state index in [4.69, 9.17) is 4.74 Å². The summed E-state index contributed by atoms with van der Waals surface area (Å²) in [7, 11) is 0. The first kappa shape index (κ1) is 9.16. The molecule has 12 heavy (non-hydrogen) atoms. The lowest BCUT2D eigenvalue weighted by Gasteiger charge is -2.03. The van der Waals surface area contributed by atoms with Gasteiger partial charge in [-0.2, -0.15) is 0 Å². The molecule has 0 aromatic carbocycles. The predicted octanol–water partition coefficient (Wildman–Crippen LogP) is 1.42. The molecule has 1 aromatic heterocycles. The number of hydrogen-bond donors (Lipinski definition) is 0. The standard InChI is InChI=1S/C9H12NO2/c1-8(11)12-7-5-9-4-2-3-6-10-9/h2-4,6,8H,5,7H2,1H3. The van der Waals surface area contributed by atoms with Crippen LogP contribution in [0.5, 0.6) is 0 Å². The van der Waals surface area contributed by atoms with Crippen molar-refractivity contribution in [1.82, 2.24) is 4.98 Å². The Morgan fingerprint density at radius 2 is 2.42 bits per heavy atom. The lowest BCUT2D eigenvalue weighted by atomic mass is 10.3. The van der Waals surface area contributed by atoms with Crippen LogP contribution in [0.25, 0.3) is 0 Å². The highest BCUT2D eigenvalue weighted by atomic mass is 16.6. The van der Waals surface area contributed by atoms with Gasteiger partial charge in [0.1, 0.15) is 0 Å². The van der Waals surface area contributed by atoms with Crippen LogP contribution in [0.15, 0.2) is 24.4 Å². The van der Waals surface area contributed by atoms with E-state index in [0.717, 1.165) is 5.69 Å². The molecule has 3 heteroatoms. The van der Waals surface area contributed by atoms with E-state index in [1.54, 1.807) is 6.20 Å². The molecular formula is C9H12NO2.